The zero-order valence-corrected chi connectivity index (χ0v) is 22.1. The van der Waals surface area contributed by atoms with Gasteiger partial charge in [0, 0.05) is 43.8 Å². The highest BCUT2D eigenvalue weighted by Crippen LogP contribution is 2.63. The summed E-state index contributed by atoms with van der Waals surface area (Å²) in [6.07, 6.45) is 0. The Hall–Kier alpha value is 0.0700. The topological polar surface area (TPSA) is 25.3 Å². The van der Waals surface area contributed by atoms with Crippen LogP contribution in [0, 0.1) is 0 Å². The summed E-state index contributed by atoms with van der Waals surface area (Å²) in [7, 11) is -2.03. The molecule has 0 bridgehead atoms. The maximum absolute atomic E-state index is 5.67. The summed E-state index contributed by atoms with van der Waals surface area (Å²) >= 11 is 0. The second-order valence-corrected chi connectivity index (χ2v) is 11.5. The first-order chi connectivity index (χ1) is 13.0. The van der Waals surface area contributed by atoms with Crippen LogP contribution in [0.3, 0.4) is 0 Å². The van der Waals surface area contributed by atoms with Gasteiger partial charge in [0.25, 0.3) is 0 Å². The number of hydrogen-bond acceptors (Lipinski definition) is 2. The minimum atomic E-state index is -2.03. The van der Waals surface area contributed by atoms with Gasteiger partial charge in [-0.2, -0.15) is 0 Å². The van der Waals surface area contributed by atoms with Crippen LogP contribution in [0.4, 0.5) is 0 Å². The molecule has 0 saturated carbocycles. The Bertz CT molecular complexity index is 414. The van der Waals surface area contributed by atoms with E-state index in [-0.39, 0.29) is 0 Å². The van der Waals surface area contributed by atoms with Gasteiger partial charge in [-0.25, -0.2) is 14.0 Å². The van der Waals surface area contributed by atoms with Crippen molar-refractivity contribution >= 4 is 7.51 Å². The van der Waals surface area contributed by atoms with Crippen LogP contribution in [-0.2, 0) is 0 Å². The molecule has 0 atom stereocenters. The van der Waals surface area contributed by atoms with E-state index in [0.717, 1.165) is 39.3 Å². The van der Waals surface area contributed by atoms with Gasteiger partial charge >= 0.3 is 0 Å². The van der Waals surface area contributed by atoms with Crippen LogP contribution in [0.2, 0.25) is 0 Å². The molecule has 0 radical (unpaired) electrons. The fourth-order valence-corrected chi connectivity index (χ4v) is 9.43. The number of likely N-dealkylation sites (N-methyl/N-ethyl adjacent to an activating group) is 1. The van der Waals surface area contributed by atoms with E-state index in [1.807, 2.05) is 0 Å². The second-order valence-electron chi connectivity index (χ2n) is 8.70. The summed E-state index contributed by atoms with van der Waals surface area (Å²) in [6, 6.07) is 1.80. The normalized spacial score (nSPS) is 13.6. The zero-order chi connectivity index (χ0) is 22.1. The first-order valence-electron chi connectivity index (χ1n) is 11.7. The molecule has 6 heteroatoms. The second kappa shape index (κ2) is 13.4. The van der Waals surface area contributed by atoms with Crippen molar-refractivity contribution in [2.75, 3.05) is 39.3 Å². The lowest BCUT2D eigenvalue weighted by atomic mass is 10.3. The predicted octanol–water partition coefficient (Wildman–Crippen LogP) is 5.85. The molecule has 0 saturated heterocycles. The Morgan fingerprint density at radius 1 is 0.607 bits per heavy atom. The van der Waals surface area contributed by atoms with Gasteiger partial charge in [-0.05, 0) is 68.5 Å². The molecule has 0 N–H and O–H groups in total. The smallest absolute Gasteiger partial charge is 0.168 e. The lowest BCUT2D eigenvalue weighted by Crippen LogP contribution is -2.50. The Balaban J connectivity index is 6.74. The molecule has 28 heavy (non-hydrogen) atoms. The molecule has 0 amide bonds. The molecule has 0 unspecified atom stereocenters. The molecule has 170 valence electrons. The average molecular weight is 418 g/mol. The Labute approximate surface area is 178 Å². The van der Waals surface area contributed by atoms with E-state index in [4.69, 9.17) is 4.74 Å². The summed E-state index contributed by atoms with van der Waals surface area (Å²) in [5, 5.41) is 0. The van der Waals surface area contributed by atoms with Gasteiger partial charge in [0.1, 0.15) is 0 Å². The highest BCUT2D eigenvalue weighted by Gasteiger charge is 2.43. The highest BCUT2D eigenvalue weighted by molar-refractivity contribution is 7.59. The Morgan fingerprint density at radius 2 is 0.964 bits per heavy atom. The Kier molecular flexibility index (Phi) is 13.4. The molecule has 0 aliphatic carbocycles. The first kappa shape index (κ1) is 28.1. The van der Waals surface area contributed by atoms with Crippen molar-refractivity contribution in [1.82, 2.24) is 18.9 Å². The van der Waals surface area contributed by atoms with E-state index in [2.05, 4.69) is 102 Å². The van der Waals surface area contributed by atoms with Crippen molar-refractivity contribution in [2.45, 2.75) is 107 Å². The minimum Gasteiger partial charge on any atom is -0.302 e. The van der Waals surface area contributed by atoms with Crippen LogP contribution in [0.5, 0.6) is 0 Å². The van der Waals surface area contributed by atoms with Crippen LogP contribution < -0.4 is 0 Å². The third kappa shape index (κ3) is 6.80. The minimum absolute atomic E-state index is 0.450. The summed E-state index contributed by atoms with van der Waals surface area (Å²) in [5.41, 5.74) is 0. The SMILES string of the molecule is CCN(CC)CCN=P(N(CC)CC)(N(C(C)C)C(C)C)N(C(C)C)C(C)C. The Morgan fingerprint density at radius 3 is 1.21 bits per heavy atom. The summed E-state index contributed by atoms with van der Waals surface area (Å²) in [5.74, 6) is 0. The lowest BCUT2D eigenvalue weighted by molar-refractivity contribution is 0.216. The molecular formula is C22H52N5P. The van der Waals surface area contributed by atoms with E-state index in [9.17, 15) is 0 Å². The van der Waals surface area contributed by atoms with Crippen LogP contribution in [0.15, 0.2) is 4.74 Å². The summed E-state index contributed by atoms with van der Waals surface area (Å²) in [6.45, 7) is 34.1. The molecule has 0 aliphatic rings. The molecule has 0 rings (SSSR count). The van der Waals surface area contributed by atoms with Gasteiger partial charge in [0.05, 0.1) is 6.54 Å². The molecule has 0 aromatic rings. The summed E-state index contributed by atoms with van der Waals surface area (Å²) < 4.78 is 13.8. The van der Waals surface area contributed by atoms with Gasteiger partial charge in [0.2, 0.25) is 0 Å². The van der Waals surface area contributed by atoms with Crippen LogP contribution in [0.25, 0.3) is 0 Å². The molecule has 0 aromatic heterocycles. The standard InChI is InChI=1S/C22H52N5P/c1-13-24(14-2)18-17-23-28(25(15-3)16-4,26(19(5)6)20(7)8)27(21(9)10)22(11)12/h19-22H,13-18H2,1-12H3. The van der Waals surface area contributed by atoms with Gasteiger partial charge < -0.3 is 4.90 Å². The average Bonchev–Trinajstić information content (AvgIpc) is 2.58. The van der Waals surface area contributed by atoms with Crippen molar-refractivity contribution in [2.24, 2.45) is 4.74 Å². The third-order valence-corrected chi connectivity index (χ3v) is 10.4. The van der Waals surface area contributed by atoms with Crippen LogP contribution in [-0.4, -0.2) is 82.3 Å². The monoisotopic (exact) mass is 417 g/mol. The lowest BCUT2D eigenvalue weighted by Gasteiger charge is -2.55. The van der Waals surface area contributed by atoms with E-state index in [1.54, 1.807) is 0 Å². The van der Waals surface area contributed by atoms with Crippen LogP contribution in [0.1, 0.15) is 83.1 Å². The predicted molar refractivity (Wildman–Crippen MR) is 129 cm³/mol. The quantitative estimate of drug-likeness (QED) is 0.331. The largest absolute Gasteiger partial charge is 0.302 e. The fourth-order valence-electron chi connectivity index (χ4n) is 4.54. The third-order valence-electron chi connectivity index (χ3n) is 5.45. The van der Waals surface area contributed by atoms with E-state index < -0.39 is 7.51 Å². The van der Waals surface area contributed by atoms with Crippen molar-refractivity contribution in [3.05, 3.63) is 0 Å². The van der Waals surface area contributed by atoms with Gasteiger partial charge in [0.15, 0.2) is 7.51 Å². The molecule has 0 fully saturated rings. The van der Waals surface area contributed by atoms with E-state index >= 15 is 0 Å². The number of nitrogens with zero attached hydrogens (tertiary/aromatic N) is 5. The van der Waals surface area contributed by atoms with E-state index in [0.29, 0.717) is 24.2 Å². The van der Waals surface area contributed by atoms with Crippen molar-refractivity contribution in [3.63, 3.8) is 0 Å². The molecule has 0 aliphatic heterocycles. The highest BCUT2D eigenvalue weighted by atomic mass is 31.2. The molecular weight excluding hydrogens is 365 g/mol. The van der Waals surface area contributed by atoms with Crippen molar-refractivity contribution < 1.29 is 0 Å². The number of rotatable bonds is 14. The number of hydrogen-bond donors (Lipinski definition) is 0. The maximum atomic E-state index is 5.67. The van der Waals surface area contributed by atoms with Gasteiger partial charge in [-0.1, -0.05) is 27.7 Å². The first-order valence-corrected chi connectivity index (χ1v) is 13.3. The van der Waals surface area contributed by atoms with Gasteiger partial charge in [-0.3, -0.25) is 4.74 Å². The molecule has 0 heterocycles. The summed E-state index contributed by atoms with van der Waals surface area (Å²) in [4.78, 5) is 2.49. The molecule has 0 spiro atoms. The van der Waals surface area contributed by atoms with Crippen molar-refractivity contribution in [1.29, 1.82) is 0 Å². The molecule has 5 nitrogen and oxygen atoms in total. The fraction of sp³-hybridized carbons (Fsp3) is 1.00. The maximum Gasteiger partial charge on any atom is 0.168 e. The van der Waals surface area contributed by atoms with E-state index in [1.165, 1.54) is 0 Å². The van der Waals surface area contributed by atoms with Gasteiger partial charge in [-0.15, -0.1) is 0 Å². The molecule has 0 aromatic carbocycles. The van der Waals surface area contributed by atoms with Crippen LogP contribution >= 0.6 is 7.51 Å². The zero-order valence-electron chi connectivity index (χ0n) is 21.2. The van der Waals surface area contributed by atoms with Crippen molar-refractivity contribution in [3.8, 4) is 0 Å².